The largest absolute Gasteiger partial charge is 0.383 e. The van der Waals surface area contributed by atoms with Gasteiger partial charge in [-0.15, -0.1) is 0 Å². The number of nitrogens with zero attached hydrogens (tertiary/aromatic N) is 4. The minimum Gasteiger partial charge on any atom is -0.383 e. The van der Waals surface area contributed by atoms with Gasteiger partial charge in [-0.3, -0.25) is 9.89 Å². The van der Waals surface area contributed by atoms with Gasteiger partial charge in [0, 0.05) is 44.6 Å². The number of benzene rings is 2. The molecule has 4 N–H and O–H groups in total. The number of aromatic nitrogens is 5. The molecule has 0 fully saturated rings. The second kappa shape index (κ2) is 11.3. The normalized spacial score (nSPS) is 11.2. The maximum atomic E-state index is 13.7. The monoisotopic (exact) mass is 514 g/mol. The van der Waals surface area contributed by atoms with Crippen LogP contribution in [0.5, 0.6) is 0 Å². The summed E-state index contributed by atoms with van der Waals surface area (Å²) in [5.41, 5.74) is 5.17. The lowest BCUT2D eigenvalue weighted by atomic mass is 10.1. The highest BCUT2D eigenvalue weighted by molar-refractivity contribution is 6.11. The Morgan fingerprint density at radius 2 is 1.87 bits per heavy atom. The van der Waals surface area contributed by atoms with Crippen LogP contribution in [0, 0.1) is 6.92 Å². The first-order valence-electron chi connectivity index (χ1n) is 12.3. The van der Waals surface area contributed by atoms with Gasteiger partial charge in [0.05, 0.1) is 47.2 Å². The molecule has 0 saturated heterocycles. The SMILES string of the molecule is COCCN(CCOC)c1cc2nc(Nc3ncccc3C)[nH]c2cc1C(=O)Nc1ccc2cn[nH]c2c1. The van der Waals surface area contributed by atoms with E-state index in [1.807, 2.05) is 49.4 Å². The number of hydrogen-bond acceptors (Lipinski definition) is 8. The van der Waals surface area contributed by atoms with Gasteiger partial charge in [0.15, 0.2) is 0 Å². The minimum atomic E-state index is -0.245. The van der Waals surface area contributed by atoms with Crippen LogP contribution in [-0.2, 0) is 9.47 Å². The maximum Gasteiger partial charge on any atom is 0.257 e. The number of hydrogen-bond donors (Lipinski definition) is 4. The van der Waals surface area contributed by atoms with Crippen molar-refractivity contribution in [2.24, 2.45) is 0 Å². The predicted molar refractivity (Wildman–Crippen MR) is 148 cm³/mol. The zero-order chi connectivity index (χ0) is 26.5. The molecule has 11 nitrogen and oxygen atoms in total. The smallest absolute Gasteiger partial charge is 0.257 e. The summed E-state index contributed by atoms with van der Waals surface area (Å²) in [5, 5.41) is 14.2. The van der Waals surface area contributed by atoms with Crippen LogP contribution in [0.3, 0.4) is 0 Å². The summed E-state index contributed by atoms with van der Waals surface area (Å²) in [4.78, 5) is 28.1. The summed E-state index contributed by atoms with van der Waals surface area (Å²) >= 11 is 0. The Morgan fingerprint density at radius 1 is 1.05 bits per heavy atom. The van der Waals surface area contributed by atoms with E-state index in [1.54, 1.807) is 26.6 Å². The first-order valence-corrected chi connectivity index (χ1v) is 12.3. The second-order valence-corrected chi connectivity index (χ2v) is 8.86. The van der Waals surface area contributed by atoms with Gasteiger partial charge in [0.2, 0.25) is 5.95 Å². The van der Waals surface area contributed by atoms with Crippen LogP contribution >= 0.6 is 0 Å². The zero-order valence-electron chi connectivity index (χ0n) is 21.5. The molecule has 2 aromatic carbocycles. The standard InChI is InChI=1S/C27H30N8O3/c1-17-5-4-8-28-25(17)33-27-31-22-14-20(26(36)30-19-7-6-18-16-29-34-21(18)13-19)24(15-23(22)32-27)35(9-11-37-2)10-12-38-3/h4-8,13-16H,9-12H2,1-3H3,(H,29,34)(H,30,36)(H2,28,31,32,33). The quantitative estimate of drug-likeness (QED) is 0.206. The van der Waals surface area contributed by atoms with E-state index in [2.05, 4.69) is 35.7 Å². The van der Waals surface area contributed by atoms with Gasteiger partial charge in [0.1, 0.15) is 5.82 Å². The Morgan fingerprint density at radius 3 is 2.63 bits per heavy atom. The van der Waals surface area contributed by atoms with Crippen molar-refractivity contribution in [3.05, 3.63) is 66.0 Å². The number of imidazole rings is 1. The molecular weight excluding hydrogens is 484 g/mol. The molecule has 0 atom stereocenters. The number of carbonyl (C=O) groups is 1. The van der Waals surface area contributed by atoms with E-state index in [0.717, 1.165) is 27.7 Å². The van der Waals surface area contributed by atoms with Gasteiger partial charge >= 0.3 is 0 Å². The lowest BCUT2D eigenvalue weighted by molar-refractivity contribution is 0.102. The van der Waals surface area contributed by atoms with Crippen molar-refractivity contribution < 1.29 is 14.3 Å². The molecule has 11 heteroatoms. The van der Waals surface area contributed by atoms with Crippen molar-refractivity contribution in [2.45, 2.75) is 6.92 Å². The van der Waals surface area contributed by atoms with E-state index in [4.69, 9.17) is 14.5 Å². The first-order chi connectivity index (χ1) is 18.6. The van der Waals surface area contributed by atoms with Crippen LogP contribution in [0.4, 0.5) is 23.1 Å². The molecule has 3 aromatic heterocycles. The number of carbonyl (C=O) groups excluding carboxylic acids is 1. The summed E-state index contributed by atoms with van der Waals surface area (Å²) in [6.45, 7) is 4.11. The average Bonchev–Trinajstić information content (AvgIpc) is 3.55. The summed E-state index contributed by atoms with van der Waals surface area (Å²) < 4.78 is 10.7. The van der Waals surface area contributed by atoms with E-state index < -0.39 is 0 Å². The van der Waals surface area contributed by atoms with Crippen LogP contribution in [0.25, 0.3) is 21.9 Å². The Labute approximate surface area is 219 Å². The minimum absolute atomic E-state index is 0.245. The highest BCUT2D eigenvalue weighted by Crippen LogP contribution is 2.29. The Kier molecular flexibility index (Phi) is 7.47. The van der Waals surface area contributed by atoms with E-state index >= 15 is 0 Å². The van der Waals surface area contributed by atoms with Crippen LogP contribution in [0.1, 0.15) is 15.9 Å². The van der Waals surface area contributed by atoms with E-state index in [0.29, 0.717) is 54.8 Å². The third-order valence-corrected chi connectivity index (χ3v) is 6.26. The highest BCUT2D eigenvalue weighted by Gasteiger charge is 2.20. The number of methoxy groups -OCH3 is 2. The summed E-state index contributed by atoms with van der Waals surface area (Å²) in [6.07, 6.45) is 3.47. The van der Waals surface area contributed by atoms with Gasteiger partial charge in [0.25, 0.3) is 5.91 Å². The number of H-pyrrole nitrogens is 2. The molecule has 38 heavy (non-hydrogen) atoms. The summed E-state index contributed by atoms with van der Waals surface area (Å²) in [7, 11) is 3.31. The number of amides is 1. The number of fused-ring (bicyclic) bond motifs is 2. The number of nitrogens with one attached hydrogen (secondary N) is 4. The predicted octanol–water partition coefficient (Wildman–Crippen LogP) is 4.24. The number of aryl methyl sites for hydroxylation is 1. The molecule has 0 unspecified atom stereocenters. The van der Waals surface area contributed by atoms with Gasteiger partial charge in [-0.25, -0.2) is 9.97 Å². The number of rotatable bonds is 11. The summed E-state index contributed by atoms with van der Waals surface area (Å²) in [6, 6.07) is 13.2. The fourth-order valence-electron chi connectivity index (χ4n) is 4.25. The topological polar surface area (TPSA) is 133 Å². The maximum absolute atomic E-state index is 13.7. The lowest BCUT2D eigenvalue weighted by Gasteiger charge is -2.26. The molecule has 0 aliphatic rings. The molecule has 0 spiro atoms. The Bertz CT molecular complexity index is 1550. The molecule has 5 aromatic rings. The van der Waals surface area contributed by atoms with Crippen LogP contribution in [0.2, 0.25) is 0 Å². The van der Waals surface area contributed by atoms with Crippen LogP contribution < -0.4 is 15.5 Å². The molecule has 0 aliphatic heterocycles. The van der Waals surface area contributed by atoms with E-state index in [1.165, 1.54) is 0 Å². The molecule has 5 rings (SSSR count). The van der Waals surface area contributed by atoms with Crippen molar-refractivity contribution >= 4 is 51.0 Å². The molecule has 0 aliphatic carbocycles. The lowest BCUT2D eigenvalue weighted by Crippen LogP contribution is -2.32. The number of anilines is 4. The molecule has 0 radical (unpaired) electrons. The van der Waals surface area contributed by atoms with E-state index in [-0.39, 0.29) is 5.91 Å². The Hall–Kier alpha value is -4.48. The Balaban J connectivity index is 1.53. The van der Waals surface area contributed by atoms with Gasteiger partial charge in [-0.2, -0.15) is 5.10 Å². The van der Waals surface area contributed by atoms with Crippen molar-refractivity contribution in [1.82, 2.24) is 25.1 Å². The third kappa shape index (κ3) is 5.43. The first kappa shape index (κ1) is 25.2. The van der Waals surface area contributed by atoms with Gasteiger partial charge in [-0.05, 0) is 48.9 Å². The molecular formula is C27H30N8O3. The molecule has 0 bridgehead atoms. The van der Waals surface area contributed by atoms with Crippen molar-refractivity contribution in [1.29, 1.82) is 0 Å². The van der Waals surface area contributed by atoms with Gasteiger partial charge in [-0.1, -0.05) is 6.07 Å². The van der Waals surface area contributed by atoms with Gasteiger partial charge < -0.3 is 30.0 Å². The average molecular weight is 515 g/mol. The second-order valence-electron chi connectivity index (χ2n) is 8.86. The highest BCUT2D eigenvalue weighted by atomic mass is 16.5. The van der Waals surface area contributed by atoms with E-state index in [9.17, 15) is 4.79 Å². The number of aromatic amines is 2. The molecule has 0 saturated carbocycles. The van der Waals surface area contributed by atoms with Crippen molar-refractivity contribution in [2.75, 3.05) is 56.1 Å². The van der Waals surface area contributed by atoms with Crippen molar-refractivity contribution in [3.8, 4) is 0 Å². The fourth-order valence-corrected chi connectivity index (χ4v) is 4.25. The zero-order valence-corrected chi connectivity index (χ0v) is 21.5. The molecule has 196 valence electrons. The van der Waals surface area contributed by atoms with Crippen molar-refractivity contribution in [3.63, 3.8) is 0 Å². The molecule has 3 heterocycles. The number of ether oxygens (including phenoxy) is 2. The van der Waals surface area contributed by atoms with Crippen LogP contribution in [-0.4, -0.2) is 71.6 Å². The van der Waals surface area contributed by atoms with Crippen LogP contribution in [0.15, 0.2) is 54.9 Å². The fraction of sp³-hybridized carbons (Fsp3) is 0.259. The summed E-state index contributed by atoms with van der Waals surface area (Å²) in [5.74, 6) is 1.00. The molecule has 1 amide bonds. The number of pyridine rings is 1. The third-order valence-electron chi connectivity index (χ3n) is 6.26.